The molecule has 2 aromatic carbocycles. The number of ether oxygens (including phenoxy) is 1. The third-order valence-electron chi connectivity index (χ3n) is 6.28. The Hall–Kier alpha value is -2.74. The van der Waals surface area contributed by atoms with Crippen LogP contribution in [-0.2, 0) is 20.9 Å². The monoisotopic (exact) mass is 450 g/mol. The van der Waals surface area contributed by atoms with Gasteiger partial charge in [0.25, 0.3) is 0 Å². The van der Waals surface area contributed by atoms with Crippen LogP contribution in [0.2, 0.25) is 0 Å². The van der Waals surface area contributed by atoms with Crippen LogP contribution in [0.25, 0.3) is 0 Å². The maximum atomic E-state index is 13.3. The molecule has 2 amide bonds. The Kier molecular flexibility index (Phi) is 8.47. The maximum Gasteiger partial charge on any atom is 0.227 e. The summed E-state index contributed by atoms with van der Waals surface area (Å²) in [4.78, 5) is 31.9. The van der Waals surface area contributed by atoms with Gasteiger partial charge in [-0.2, -0.15) is 0 Å². The van der Waals surface area contributed by atoms with Crippen LogP contribution >= 0.6 is 0 Å². The fourth-order valence-corrected chi connectivity index (χ4v) is 4.50. The molecule has 7 heteroatoms. The molecule has 4 rings (SSSR count). The highest BCUT2D eigenvalue weighted by Gasteiger charge is 2.26. The highest BCUT2D eigenvalue weighted by Crippen LogP contribution is 2.18. The zero-order valence-electron chi connectivity index (χ0n) is 19.2. The number of nitrogens with one attached hydrogen (secondary N) is 1. The molecule has 33 heavy (non-hydrogen) atoms. The van der Waals surface area contributed by atoms with E-state index in [-0.39, 0.29) is 30.7 Å². The van der Waals surface area contributed by atoms with Crippen molar-refractivity contribution in [3.8, 4) is 0 Å². The number of piperazine rings is 1. The first-order valence-corrected chi connectivity index (χ1v) is 11.9. The molecule has 2 fully saturated rings. The van der Waals surface area contributed by atoms with E-state index in [0.717, 1.165) is 31.9 Å². The minimum Gasteiger partial charge on any atom is -0.378 e. The fraction of sp³-hybridized carbons (Fsp3) is 0.462. The lowest BCUT2D eigenvalue weighted by atomic mass is 10.1. The molecule has 0 aromatic heterocycles. The average molecular weight is 451 g/mol. The van der Waals surface area contributed by atoms with Gasteiger partial charge in [0.05, 0.1) is 13.2 Å². The second-order valence-corrected chi connectivity index (χ2v) is 8.70. The molecule has 2 heterocycles. The Morgan fingerprint density at radius 3 is 2.36 bits per heavy atom. The predicted molar refractivity (Wildman–Crippen MR) is 129 cm³/mol. The molecule has 2 saturated heterocycles. The second-order valence-electron chi connectivity index (χ2n) is 8.70. The summed E-state index contributed by atoms with van der Waals surface area (Å²) in [7, 11) is 0. The van der Waals surface area contributed by atoms with Crippen molar-refractivity contribution in [1.29, 1.82) is 0 Å². The van der Waals surface area contributed by atoms with Crippen molar-refractivity contribution in [1.82, 2.24) is 15.1 Å². The van der Waals surface area contributed by atoms with Gasteiger partial charge in [0.2, 0.25) is 11.8 Å². The van der Waals surface area contributed by atoms with Crippen molar-refractivity contribution in [3.05, 3.63) is 66.2 Å². The molecule has 0 unspecified atom stereocenters. The van der Waals surface area contributed by atoms with E-state index in [4.69, 9.17) is 4.74 Å². The van der Waals surface area contributed by atoms with E-state index >= 15 is 0 Å². The zero-order chi connectivity index (χ0) is 22.9. The number of hydrogen-bond donors (Lipinski definition) is 1. The van der Waals surface area contributed by atoms with Gasteiger partial charge in [-0.3, -0.25) is 14.5 Å². The van der Waals surface area contributed by atoms with Gasteiger partial charge >= 0.3 is 0 Å². The summed E-state index contributed by atoms with van der Waals surface area (Å²) < 4.78 is 5.32. The number of carbonyl (C=O) groups excluding carboxylic acids is 2. The van der Waals surface area contributed by atoms with Crippen molar-refractivity contribution in [3.63, 3.8) is 0 Å². The topological polar surface area (TPSA) is 65.1 Å². The van der Waals surface area contributed by atoms with Gasteiger partial charge in [-0.25, -0.2) is 0 Å². The van der Waals surface area contributed by atoms with Crippen molar-refractivity contribution < 1.29 is 14.3 Å². The fourth-order valence-electron chi connectivity index (χ4n) is 4.50. The molecule has 1 N–H and O–H groups in total. The summed E-state index contributed by atoms with van der Waals surface area (Å²) >= 11 is 0. The number of hydrogen-bond acceptors (Lipinski definition) is 5. The Bertz CT molecular complexity index is 887. The Morgan fingerprint density at radius 2 is 1.64 bits per heavy atom. The molecule has 7 nitrogen and oxygen atoms in total. The molecule has 176 valence electrons. The quantitative estimate of drug-likeness (QED) is 0.668. The molecule has 1 atom stereocenters. The number of morpholine rings is 1. The van der Waals surface area contributed by atoms with E-state index < -0.39 is 0 Å². The van der Waals surface area contributed by atoms with E-state index in [2.05, 4.69) is 34.5 Å². The normalized spacial score (nSPS) is 19.3. The molecule has 2 aliphatic rings. The average Bonchev–Trinajstić information content (AvgIpc) is 2.87. The van der Waals surface area contributed by atoms with Crippen LogP contribution in [0.1, 0.15) is 18.4 Å². The Balaban J connectivity index is 1.37. The van der Waals surface area contributed by atoms with Gasteiger partial charge in [-0.15, -0.1) is 0 Å². The number of para-hydroxylation sites is 1. The first-order valence-electron chi connectivity index (χ1n) is 11.9. The highest BCUT2D eigenvalue weighted by molar-refractivity contribution is 5.95. The minimum atomic E-state index is -0.00945. The van der Waals surface area contributed by atoms with Gasteiger partial charge in [0, 0.05) is 70.4 Å². The molecule has 0 saturated carbocycles. The lowest BCUT2D eigenvalue weighted by Gasteiger charge is -2.36. The van der Waals surface area contributed by atoms with Crippen LogP contribution in [0.5, 0.6) is 0 Å². The lowest BCUT2D eigenvalue weighted by Crippen LogP contribution is -2.55. The third-order valence-corrected chi connectivity index (χ3v) is 6.28. The van der Waals surface area contributed by atoms with E-state index in [1.807, 2.05) is 41.3 Å². The smallest absolute Gasteiger partial charge is 0.227 e. The summed E-state index contributed by atoms with van der Waals surface area (Å²) in [5, 5.41) is 3.58. The van der Waals surface area contributed by atoms with Gasteiger partial charge < -0.3 is 19.9 Å². The minimum absolute atomic E-state index is 0.00945. The van der Waals surface area contributed by atoms with Crippen LogP contribution in [0.15, 0.2) is 60.7 Å². The SMILES string of the molecule is O=C(CCC(=O)N(C[C@@H]1CN(Cc2ccccc2)CCN1)c1ccccc1)N1CCOCC1. The summed E-state index contributed by atoms with van der Waals surface area (Å²) in [5.41, 5.74) is 2.18. The van der Waals surface area contributed by atoms with Gasteiger partial charge in [0.15, 0.2) is 0 Å². The van der Waals surface area contributed by atoms with Crippen molar-refractivity contribution >= 4 is 17.5 Å². The molecule has 0 bridgehead atoms. The largest absolute Gasteiger partial charge is 0.378 e. The molecular formula is C26H34N4O3. The van der Waals surface area contributed by atoms with Crippen LogP contribution in [-0.4, -0.2) is 80.1 Å². The number of anilines is 1. The summed E-state index contributed by atoms with van der Waals surface area (Å²) in [6.45, 7) is 6.61. The van der Waals surface area contributed by atoms with Crippen molar-refractivity contribution in [2.75, 3.05) is 57.4 Å². The van der Waals surface area contributed by atoms with Gasteiger partial charge in [-0.1, -0.05) is 48.5 Å². The highest BCUT2D eigenvalue weighted by atomic mass is 16.5. The van der Waals surface area contributed by atoms with E-state index in [1.54, 1.807) is 4.90 Å². The zero-order valence-corrected chi connectivity index (χ0v) is 19.2. The lowest BCUT2D eigenvalue weighted by molar-refractivity contribution is -0.136. The standard InChI is InChI=1S/C26H34N4O3/c31-25(29-15-17-33-18-16-29)11-12-26(32)30(24-9-5-2-6-10-24)21-23-20-28(14-13-27-23)19-22-7-3-1-4-8-22/h1-10,23,27H,11-21H2/t23-/m0/s1. The van der Waals surface area contributed by atoms with E-state index in [0.29, 0.717) is 32.8 Å². The Morgan fingerprint density at radius 1 is 0.939 bits per heavy atom. The number of nitrogens with zero attached hydrogens (tertiary/aromatic N) is 3. The predicted octanol–water partition coefficient (Wildman–Crippen LogP) is 2.13. The van der Waals surface area contributed by atoms with Crippen molar-refractivity contribution in [2.24, 2.45) is 0 Å². The van der Waals surface area contributed by atoms with E-state index in [1.165, 1.54) is 5.56 Å². The third kappa shape index (κ3) is 6.87. The molecule has 0 radical (unpaired) electrons. The van der Waals surface area contributed by atoms with Crippen LogP contribution < -0.4 is 10.2 Å². The molecule has 2 aromatic rings. The van der Waals surface area contributed by atoms with Gasteiger partial charge in [0.1, 0.15) is 0 Å². The molecular weight excluding hydrogens is 416 g/mol. The van der Waals surface area contributed by atoms with Crippen LogP contribution in [0.4, 0.5) is 5.69 Å². The number of benzene rings is 2. The van der Waals surface area contributed by atoms with Crippen LogP contribution in [0.3, 0.4) is 0 Å². The van der Waals surface area contributed by atoms with Crippen LogP contribution in [0, 0.1) is 0 Å². The number of amides is 2. The summed E-state index contributed by atoms with van der Waals surface area (Å²) in [6, 6.07) is 20.4. The van der Waals surface area contributed by atoms with E-state index in [9.17, 15) is 9.59 Å². The van der Waals surface area contributed by atoms with Gasteiger partial charge in [-0.05, 0) is 17.7 Å². The Labute approximate surface area is 196 Å². The molecule has 0 spiro atoms. The summed E-state index contributed by atoms with van der Waals surface area (Å²) in [5.74, 6) is 0.0225. The number of rotatable bonds is 8. The number of carbonyl (C=O) groups is 2. The maximum absolute atomic E-state index is 13.3. The first-order chi connectivity index (χ1) is 16.2. The molecule has 2 aliphatic heterocycles. The van der Waals surface area contributed by atoms with Crippen molar-refractivity contribution in [2.45, 2.75) is 25.4 Å². The first kappa shape index (κ1) is 23.4. The summed E-state index contributed by atoms with van der Waals surface area (Å²) in [6.07, 6.45) is 0.450. The second kappa shape index (κ2) is 11.9. The molecule has 0 aliphatic carbocycles.